The highest BCUT2D eigenvalue weighted by atomic mass is 16.5. The lowest BCUT2D eigenvalue weighted by Crippen LogP contribution is -2.06. The number of fused-ring (bicyclic) bond motifs is 2. The first-order valence-electron chi connectivity index (χ1n) is 7.64. The number of nitrogens with one attached hydrogen (secondary N) is 1. The Bertz CT molecular complexity index is 834. The second kappa shape index (κ2) is 5.55. The number of aliphatic hydroxyl groups excluding tert-OH is 1. The predicted molar refractivity (Wildman–Crippen MR) is 87.7 cm³/mol. The topological polar surface area (TPSA) is 72.2 Å². The van der Waals surface area contributed by atoms with E-state index < -0.39 is 0 Å². The van der Waals surface area contributed by atoms with Crippen molar-refractivity contribution in [2.75, 3.05) is 19.0 Å². The van der Waals surface area contributed by atoms with Crippen LogP contribution in [0, 0.1) is 0 Å². The van der Waals surface area contributed by atoms with Crippen molar-refractivity contribution >= 4 is 16.7 Å². The Morgan fingerprint density at radius 1 is 1.35 bits per heavy atom. The minimum absolute atomic E-state index is 0.108. The van der Waals surface area contributed by atoms with Crippen molar-refractivity contribution in [2.45, 2.75) is 19.0 Å². The van der Waals surface area contributed by atoms with Gasteiger partial charge in [-0.3, -0.25) is 4.98 Å². The molecule has 0 saturated carbocycles. The summed E-state index contributed by atoms with van der Waals surface area (Å²) in [5.41, 5.74) is 3.25. The molecule has 23 heavy (non-hydrogen) atoms. The quantitative estimate of drug-likeness (QED) is 0.772. The normalized spacial score (nSPS) is 16.3. The molecule has 1 aliphatic rings. The lowest BCUT2D eigenvalue weighted by Gasteiger charge is -2.10. The Morgan fingerprint density at radius 2 is 2.22 bits per heavy atom. The van der Waals surface area contributed by atoms with Gasteiger partial charge in [-0.15, -0.1) is 0 Å². The van der Waals surface area contributed by atoms with Crippen LogP contribution in [0.3, 0.4) is 0 Å². The molecule has 0 amide bonds. The summed E-state index contributed by atoms with van der Waals surface area (Å²) in [4.78, 5) is 8.74. The van der Waals surface area contributed by atoms with Crippen molar-refractivity contribution < 1.29 is 9.84 Å². The summed E-state index contributed by atoms with van der Waals surface area (Å²) in [5.74, 6) is 1.68. The average Bonchev–Trinajstić information content (AvgIpc) is 3.16. The Hall–Kier alpha value is -2.60. The van der Waals surface area contributed by atoms with Crippen LogP contribution in [0.25, 0.3) is 10.9 Å². The van der Waals surface area contributed by atoms with Gasteiger partial charge in [0, 0.05) is 48.0 Å². The van der Waals surface area contributed by atoms with Gasteiger partial charge in [0.15, 0.2) is 0 Å². The second-order valence-corrected chi connectivity index (χ2v) is 5.64. The Balaban J connectivity index is 1.80. The van der Waals surface area contributed by atoms with E-state index in [-0.39, 0.29) is 12.6 Å². The average molecular weight is 310 g/mol. The van der Waals surface area contributed by atoms with E-state index in [4.69, 9.17) is 4.74 Å². The van der Waals surface area contributed by atoms with Gasteiger partial charge in [-0.05, 0) is 18.2 Å². The van der Waals surface area contributed by atoms with Gasteiger partial charge >= 0.3 is 0 Å². The number of anilines is 1. The van der Waals surface area contributed by atoms with Crippen molar-refractivity contribution in [3.05, 3.63) is 48.0 Å². The van der Waals surface area contributed by atoms with Crippen LogP contribution in [0.5, 0.6) is 5.75 Å². The maximum Gasteiger partial charge on any atom is 0.148 e. The highest BCUT2D eigenvalue weighted by Crippen LogP contribution is 2.36. The third-order valence-electron chi connectivity index (χ3n) is 4.32. The molecule has 0 saturated heterocycles. The fourth-order valence-electron chi connectivity index (χ4n) is 3.24. The standard InChI is InChI=1S/C17H18N4O2/c1-23-11-2-3-16-12(8-11)13(10-21(16)6-7-22)14-9-15-17(20-14)19-5-4-18-15/h2-5,8,10,14,22H,6-7,9H2,1H3,(H,19,20). The summed E-state index contributed by atoms with van der Waals surface area (Å²) in [6.07, 6.45) is 6.33. The summed E-state index contributed by atoms with van der Waals surface area (Å²) < 4.78 is 7.45. The SMILES string of the molecule is COc1ccc2c(c1)c(C1Cc3nccnc3N1)cn2CCO. The van der Waals surface area contributed by atoms with Gasteiger partial charge in [0.05, 0.1) is 25.5 Å². The van der Waals surface area contributed by atoms with E-state index >= 15 is 0 Å². The molecule has 1 atom stereocenters. The number of rotatable bonds is 4. The van der Waals surface area contributed by atoms with E-state index in [1.54, 1.807) is 19.5 Å². The molecule has 0 aliphatic carbocycles. The number of aliphatic hydroxyl groups is 1. The first-order chi connectivity index (χ1) is 11.3. The molecule has 2 aromatic heterocycles. The highest BCUT2D eigenvalue weighted by molar-refractivity contribution is 5.86. The van der Waals surface area contributed by atoms with Crippen molar-refractivity contribution in [3.63, 3.8) is 0 Å². The minimum Gasteiger partial charge on any atom is -0.497 e. The molecule has 1 unspecified atom stereocenters. The molecule has 3 aromatic rings. The van der Waals surface area contributed by atoms with Crippen LogP contribution >= 0.6 is 0 Å². The summed E-state index contributed by atoms with van der Waals surface area (Å²) in [7, 11) is 1.67. The molecule has 6 nitrogen and oxygen atoms in total. The molecule has 0 spiro atoms. The fourth-order valence-corrected chi connectivity index (χ4v) is 3.24. The third kappa shape index (κ3) is 2.31. The third-order valence-corrected chi connectivity index (χ3v) is 4.32. The number of nitrogens with zero attached hydrogens (tertiary/aromatic N) is 3. The van der Waals surface area contributed by atoms with Crippen LogP contribution in [0.2, 0.25) is 0 Å². The zero-order valence-corrected chi connectivity index (χ0v) is 12.9. The smallest absolute Gasteiger partial charge is 0.148 e. The van der Waals surface area contributed by atoms with Crippen molar-refractivity contribution in [1.82, 2.24) is 14.5 Å². The van der Waals surface area contributed by atoms with Crippen LogP contribution in [0.1, 0.15) is 17.3 Å². The van der Waals surface area contributed by atoms with Crippen LogP contribution < -0.4 is 10.1 Å². The Kier molecular flexibility index (Phi) is 3.38. The molecule has 0 bridgehead atoms. The maximum absolute atomic E-state index is 9.32. The molecule has 1 aliphatic heterocycles. The molecule has 6 heteroatoms. The zero-order chi connectivity index (χ0) is 15.8. The van der Waals surface area contributed by atoms with E-state index in [9.17, 15) is 5.11 Å². The monoisotopic (exact) mass is 310 g/mol. The van der Waals surface area contributed by atoms with E-state index in [2.05, 4.69) is 26.0 Å². The molecule has 4 rings (SSSR count). The molecule has 1 aromatic carbocycles. The highest BCUT2D eigenvalue weighted by Gasteiger charge is 2.27. The summed E-state index contributed by atoms with van der Waals surface area (Å²) in [6, 6.07) is 6.15. The molecule has 0 radical (unpaired) electrons. The molecule has 0 fully saturated rings. The predicted octanol–water partition coefficient (Wildman–Crippen LogP) is 2.14. The van der Waals surface area contributed by atoms with Gasteiger partial charge < -0.3 is 19.7 Å². The summed E-state index contributed by atoms with van der Waals surface area (Å²) >= 11 is 0. The maximum atomic E-state index is 9.32. The van der Waals surface area contributed by atoms with Crippen molar-refractivity contribution in [3.8, 4) is 5.75 Å². The molecular formula is C17H18N4O2. The molecule has 2 N–H and O–H groups in total. The van der Waals surface area contributed by atoms with Gasteiger partial charge in [-0.2, -0.15) is 0 Å². The second-order valence-electron chi connectivity index (χ2n) is 5.64. The van der Waals surface area contributed by atoms with Gasteiger partial charge in [0.2, 0.25) is 0 Å². The minimum atomic E-state index is 0.108. The van der Waals surface area contributed by atoms with E-state index in [1.165, 1.54) is 5.56 Å². The number of hydrogen-bond acceptors (Lipinski definition) is 5. The lowest BCUT2D eigenvalue weighted by atomic mass is 10.0. The number of methoxy groups -OCH3 is 1. The van der Waals surface area contributed by atoms with Crippen LogP contribution in [-0.4, -0.2) is 33.4 Å². The summed E-state index contributed by atoms with van der Waals surface area (Å²) in [6.45, 7) is 0.676. The number of aromatic nitrogens is 3. The van der Waals surface area contributed by atoms with Crippen LogP contribution in [0.15, 0.2) is 36.8 Å². The number of ether oxygens (including phenoxy) is 1. The van der Waals surface area contributed by atoms with Gasteiger partial charge in [-0.25, -0.2) is 4.98 Å². The van der Waals surface area contributed by atoms with Crippen molar-refractivity contribution in [2.24, 2.45) is 0 Å². The van der Waals surface area contributed by atoms with Gasteiger partial charge in [0.1, 0.15) is 11.6 Å². The first-order valence-corrected chi connectivity index (χ1v) is 7.64. The molecule has 118 valence electrons. The van der Waals surface area contributed by atoms with Crippen LogP contribution in [0.4, 0.5) is 5.82 Å². The van der Waals surface area contributed by atoms with E-state index in [0.717, 1.165) is 34.6 Å². The Morgan fingerprint density at radius 3 is 3.00 bits per heavy atom. The molecular weight excluding hydrogens is 292 g/mol. The first kappa shape index (κ1) is 14.0. The van der Waals surface area contributed by atoms with Crippen molar-refractivity contribution in [1.29, 1.82) is 0 Å². The van der Waals surface area contributed by atoms with Crippen LogP contribution in [-0.2, 0) is 13.0 Å². The largest absolute Gasteiger partial charge is 0.497 e. The lowest BCUT2D eigenvalue weighted by molar-refractivity contribution is 0.278. The molecule has 3 heterocycles. The Labute approximate surface area is 133 Å². The van der Waals surface area contributed by atoms with Gasteiger partial charge in [0.25, 0.3) is 0 Å². The fraction of sp³-hybridized carbons (Fsp3) is 0.294. The van der Waals surface area contributed by atoms with E-state index in [0.29, 0.717) is 6.54 Å². The number of benzene rings is 1. The zero-order valence-electron chi connectivity index (χ0n) is 12.9. The summed E-state index contributed by atoms with van der Waals surface area (Å²) in [5, 5.41) is 13.9. The number of hydrogen-bond donors (Lipinski definition) is 2. The van der Waals surface area contributed by atoms with Gasteiger partial charge in [-0.1, -0.05) is 0 Å². The van der Waals surface area contributed by atoms with E-state index in [1.807, 2.05) is 18.2 Å².